The highest BCUT2D eigenvalue weighted by Crippen LogP contribution is 2.16. The van der Waals surface area contributed by atoms with Crippen molar-refractivity contribution in [3.63, 3.8) is 0 Å². The van der Waals surface area contributed by atoms with Gasteiger partial charge in [-0.15, -0.1) is 0 Å². The van der Waals surface area contributed by atoms with E-state index >= 15 is 0 Å². The maximum atomic E-state index is 12.5. The molecule has 2 heterocycles. The van der Waals surface area contributed by atoms with Crippen LogP contribution in [0.1, 0.15) is 26.9 Å². The summed E-state index contributed by atoms with van der Waals surface area (Å²) in [6.45, 7) is 0.624. The molecular formula is C22H20N4O5. The Morgan fingerprint density at radius 3 is 2.35 bits per heavy atom. The number of nitrogens with one attached hydrogen (secondary N) is 2. The van der Waals surface area contributed by atoms with Gasteiger partial charge in [-0.25, -0.2) is 9.59 Å². The predicted octanol–water partition coefficient (Wildman–Crippen LogP) is 1.80. The first-order chi connectivity index (χ1) is 15.1. The van der Waals surface area contributed by atoms with Crippen LogP contribution in [0, 0.1) is 0 Å². The molecule has 0 radical (unpaired) electrons. The molecule has 1 aliphatic heterocycles. The van der Waals surface area contributed by atoms with Crippen molar-refractivity contribution in [2.45, 2.75) is 12.5 Å². The summed E-state index contributed by atoms with van der Waals surface area (Å²) in [6, 6.07) is 18.7. The maximum Gasteiger partial charge on any atom is 0.351 e. The van der Waals surface area contributed by atoms with E-state index in [0.29, 0.717) is 24.2 Å². The van der Waals surface area contributed by atoms with Crippen LogP contribution in [0.5, 0.6) is 0 Å². The van der Waals surface area contributed by atoms with Crippen molar-refractivity contribution in [2.75, 3.05) is 18.4 Å². The fraction of sp³-hybridized carbons (Fsp3) is 0.182. The zero-order valence-corrected chi connectivity index (χ0v) is 16.4. The summed E-state index contributed by atoms with van der Waals surface area (Å²) >= 11 is 0. The first-order valence-corrected chi connectivity index (χ1v) is 9.68. The number of hydrogen-bond donors (Lipinski definition) is 2. The Hall–Kier alpha value is -3.82. The SMILES string of the molecule is O=C(Nc1ccn([C@H]2CNC[C@H](OC(=O)c3ccccc3)O2)c(=O)n1)c1ccccc1. The summed E-state index contributed by atoms with van der Waals surface area (Å²) in [5, 5.41) is 5.67. The Labute approximate surface area is 177 Å². The molecule has 1 aliphatic rings. The third-order valence-electron chi connectivity index (χ3n) is 4.60. The van der Waals surface area contributed by atoms with Crippen LogP contribution >= 0.6 is 0 Å². The van der Waals surface area contributed by atoms with Crippen LogP contribution in [-0.4, -0.2) is 40.8 Å². The van der Waals surface area contributed by atoms with E-state index in [4.69, 9.17) is 9.47 Å². The molecule has 2 atom stereocenters. The Kier molecular flexibility index (Phi) is 6.16. The van der Waals surface area contributed by atoms with Gasteiger partial charge in [0.25, 0.3) is 5.91 Å². The number of aromatic nitrogens is 2. The Bertz CT molecular complexity index is 1120. The van der Waals surface area contributed by atoms with E-state index in [2.05, 4.69) is 15.6 Å². The summed E-state index contributed by atoms with van der Waals surface area (Å²) in [7, 11) is 0. The first-order valence-electron chi connectivity index (χ1n) is 9.68. The average Bonchev–Trinajstić information content (AvgIpc) is 2.80. The van der Waals surface area contributed by atoms with Gasteiger partial charge in [0, 0.05) is 18.3 Å². The van der Waals surface area contributed by atoms with Crippen molar-refractivity contribution in [1.29, 1.82) is 0 Å². The number of morpholine rings is 1. The lowest BCUT2D eigenvalue weighted by Crippen LogP contribution is -2.47. The molecule has 1 amide bonds. The fourth-order valence-electron chi connectivity index (χ4n) is 3.07. The number of ether oxygens (including phenoxy) is 2. The molecule has 1 saturated heterocycles. The van der Waals surface area contributed by atoms with Crippen LogP contribution in [0.3, 0.4) is 0 Å². The zero-order chi connectivity index (χ0) is 21.6. The van der Waals surface area contributed by atoms with Crippen LogP contribution in [-0.2, 0) is 9.47 Å². The van der Waals surface area contributed by atoms with Crippen molar-refractivity contribution >= 4 is 17.7 Å². The maximum absolute atomic E-state index is 12.5. The highest BCUT2D eigenvalue weighted by molar-refractivity contribution is 6.03. The number of benzene rings is 2. The molecule has 31 heavy (non-hydrogen) atoms. The van der Waals surface area contributed by atoms with Crippen molar-refractivity contribution < 1.29 is 19.1 Å². The van der Waals surface area contributed by atoms with E-state index in [9.17, 15) is 14.4 Å². The van der Waals surface area contributed by atoms with Gasteiger partial charge in [0.05, 0.1) is 12.1 Å². The summed E-state index contributed by atoms with van der Waals surface area (Å²) in [5.74, 6) is -0.753. The second-order valence-corrected chi connectivity index (χ2v) is 6.77. The van der Waals surface area contributed by atoms with Crippen molar-refractivity contribution in [3.8, 4) is 0 Å². The summed E-state index contributed by atoms with van der Waals surface area (Å²) in [6.07, 6.45) is -0.110. The number of amides is 1. The molecule has 0 bridgehead atoms. The first kappa shape index (κ1) is 20.5. The monoisotopic (exact) mass is 420 g/mol. The number of rotatable bonds is 5. The number of esters is 1. The molecule has 1 fully saturated rings. The van der Waals surface area contributed by atoms with Crippen LogP contribution in [0.4, 0.5) is 5.82 Å². The van der Waals surface area contributed by atoms with Crippen LogP contribution in [0.2, 0.25) is 0 Å². The van der Waals surface area contributed by atoms with E-state index in [1.807, 2.05) is 0 Å². The number of hydrogen-bond acceptors (Lipinski definition) is 7. The largest absolute Gasteiger partial charge is 0.431 e. The molecule has 0 aliphatic carbocycles. The molecule has 9 heteroatoms. The number of nitrogens with zero attached hydrogens (tertiary/aromatic N) is 2. The molecule has 2 N–H and O–H groups in total. The highest BCUT2D eigenvalue weighted by atomic mass is 16.7. The van der Waals surface area contributed by atoms with Gasteiger partial charge >= 0.3 is 11.7 Å². The summed E-state index contributed by atoms with van der Waals surface area (Å²) < 4.78 is 12.4. The van der Waals surface area contributed by atoms with E-state index < -0.39 is 24.2 Å². The standard InChI is InChI=1S/C22H20N4O5/c27-20(15-7-3-1-4-8-15)24-17-11-12-26(22(29)25-17)18-13-23-14-19(30-18)31-21(28)16-9-5-2-6-10-16/h1-12,18-19,23H,13-14H2,(H,24,25,27,29)/t18-,19+/m1/s1. The second-order valence-electron chi connectivity index (χ2n) is 6.77. The van der Waals surface area contributed by atoms with Gasteiger partial charge in [-0.2, -0.15) is 4.98 Å². The van der Waals surface area contributed by atoms with Gasteiger partial charge in [0.1, 0.15) is 5.82 Å². The van der Waals surface area contributed by atoms with Crippen molar-refractivity contribution in [3.05, 3.63) is 94.5 Å². The summed E-state index contributed by atoms with van der Waals surface area (Å²) in [5.41, 5.74) is 0.259. The number of anilines is 1. The average molecular weight is 420 g/mol. The molecule has 0 unspecified atom stereocenters. The molecular weight excluding hydrogens is 400 g/mol. The Balaban J connectivity index is 1.41. The molecule has 0 spiro atoms. The van der Waals surface area contributed by atoms with Gasteiger partial charge in [-0.1, -0.05) is 36.4 Å². The van der Waals surface area contributed by atoms with E-state index in [1.165, 1.54) is 16.8 Å². The minimum absolute atomic E-state index is 0.130. The topological polar surface area (TPSA) is 112 Å². The van der Waals surface area contributed by atoms with E-state index in [-0.39, 0.29) is 11.7 Å². The van der Waals surface area contributed by atoms with Crippen LogP contribution in [0.15, 0.2) is 77.7 Å². The number of carbonyl (C=O) groups is 2. The van der Waals surface area contributed by atoms with Gasteiger partial charge in [-0.3, -0.25) is 9.36 Å². The lowest BCUT2D eigenvalue weighted by molar-refractivity contribution is -0.180. The third kappa shape index (κ3) is 5.03. The predicted molar refractivity (Wildman–Crippen MR) is 112 cm³/mol. The lowest BCUT2D eigenvalue weighted by atomic mass is 10.2. The normalized spacial score (nSPS) is 18.2. The minimum Gasteiger partial charge on any atom is -0.431 e. The Morgan fingerprint density at radius 1 is 1.00 bits per heavy atom. The molecule has 9 nitrogen and oxygen atoms in total. The number of carbonyl (C=O) groups excluding carboxylic acids is 2. The second kappa shape index (κ2) is 9.33. The Morgan fingerprint density at radius 2 is 1.68 bits per heavy atom. The van der Waals surface area contributed by atoms with Gasteiger partial charge in [0.2, 0.25) is 6.29 Å². The molecule has 1 aromatic heterocycles. The molecule has 158 valence electrons. The lowest BCUT2D eigenvalue weighted by Gasteiger charge is -2.31. The smallest absolute Gasteiger partial charge is 0.351 e. The van der Waals surface area contributed by atoms with E-state index in [0.717, 1.165) is 0 Å². The highest BCUT2D eigenvalue weighted by Gasteiger charge is 2.27. The van der Waals surface area contributed by atoms with Crippen molar-refractivity contribution in [2.24, 2.45) is 0 Å². The third-order valence-corrected chi connectivity index (χ3v) is 4.60. The molecule has 2 aromatic carbocycles. The quantitative estimate of drug-likeness (QED) is 0.606. The van der Waals surface area contributed by atoms with Crippen molar-refractivity contribution in [1.82, 2.24) is 14.9 Å². The fourth-order valence-corrected chi connectivity index (χ4v) is 3.07. The minimum atomic E-state index is -0.865. The molecule has 3 aromatic rings. The molecule has 0 saturated carbocycles. The van der Waals surface area contributed by atoms with Crippen LogP contribution < -0.4 is 16.3 Å². The summed E-state index contributed by atoms with van der Waals surface area (Å²) in [4.78, 5) is 40.9. The van der Waals surface area contributed by atoms with Gasteiger partial charge in [0.15, 0.2) is 6.23 Å². The molecule has 4 rings (SSSR count). The van der Waals surface area contributed by atoms with E-state index in [1.54, 1.807) is 60.7 Å². The van der Waals surface area contributed by atoms with Gasteiger partial charge < -0.3 is 20.1 Å². The van der Waals surface area contributed by atoms with Gasteiger partial charge in [-0.05, 0) is 30.3 Å². The van der Waals surface area contributed by atoms with Crippen LogP contribution in [0.25, 0.3) is 0 Å². The zero-order valence-electron chi connectivity index (χ0n) is 16.4.